The molecular formula is C13H24N2O4. The van der Waals surface area contributed by atoms with Gasteiger partial charge in [-0.05, 0) is 20.8 Å². The summed E-state index contributed by atoms with van der Waals surface area (Å²) in [5, 5.41) is 2.88. The Bertz CT molecular complexity index is 307. The number of hydrogen-bond acceptors (Lipinski definition) is 5. The fourth-order valence-electron chi connectivity index (χ4n) is 2.00. The van der Waals surface area contributed by atoms with E-state index >= 15 is 0 Å². The van der Waals surface area contributed by atoms with Crippen molar-refractivity contribution in [1.29, 1.82) is 0 Å². The number of hydrogen-bond donors (Lipinski definition) is 1. The summed E-state index contributed by atoms with van der Waals surface area (Å²) in [7, 11) is 0. The van der Waals surface area contributed by atoms with Crippen LogP contribution in [0, 0.1) is 0 Å². The Morgan fingerprint density at radius 1 is 1.47 bits per heavy atom. The van der Waals surface area contributed by atoms with E-state index in [4.69, 9.17) is 9.47 Å². The number of carbonyl (C=O) groups excluding carboxylic acids is 2. The minimum Gasteiger partial charge on any atom is -0.466 e. The van der Waals surface area contributed by atoms with Gasteiger partial charge in [-0.15, -0.1) is 0 Å². The minimum absolute atomic E-state index is 0.0430. The molecule has 0 radical (unpaired) electrons. The Hall–Kier alpha value is -1.14. The number of nitrogens with zero attached hydrogens (tertiary/aromatic N) is 1. The van der Waals surface area contributed by atoms with Crippen molar-refractivity contribution in [3.8, 4) is 0 Å². The van der Waals surface area contributed by atoms with Gasteiger partial charge in [0.05, 0.1) is 26.2 Å². The van der Waals surface area contributed by atoms with Gasteiger partial charge in [0.2, 0.25) is 5.91 Å². The third kappa shape index (κ3) is 5.57. The molecule has 1 saturated heterocycles. The highest BCUT2D eigenvalue weighted by atomic mass is 16.5. The predicted molar refractivity (Wildman–Crippen MR) is 70.7 cm³/mol. The van der Waals surface area contributed by atoms with Crippen molar-refractivity contribution in [2.75, 3.05) is 32.9 Å². The summed E-state index contributed by atoms with van der Waals surface area (Å²) in [6.07, 6.45) is 0.305. The topological polar surface area (TPSA) is 67.9 Å². The first-order chi connectivity index (χ1) is 9.04. The van der Waals surface area contributed by atoms with E-state index in [0.29, 0.717) is 39.3 Å². The number of esters is 1. The van der Waals surface area contributed by atoms with E-state index in [1.165, 1.54) is 0 Å². The maximum absolute atomic E-state index is 12.0. The third-order valence-electron chi connectivity index (χ3n) is 2.88. The molecule has 6 nitrogen and oxygen atoms in total. The third-order valence-corrected chi connectivity index (χ3v) is 2.88. The summed E-state index contributed by atoms with van der Waals surface area (Å²) < 4.78 is 10.2. The first-order valence-corrected chi connectivity index (χ1v) is 6.82. The first kappa shape index (κ1) is 15.9. The van der Waals surface area contributed by atoms with Gasteiger partial charge in [-0.3, -0.25) is 14.5 Å². The molecule has 0 spiro atoms. The molecule has 0 aliphatic carbocycles. The molecule has 1 N–H and O–H groups in total. The first-order valence-electron chi connectivity index (χ1n) is 6.82. The van der Waals surface area contributed by atoms with Gasteiger partial charge in [0.15, 0.2) is 0 Å². The normalized spacial score (nSPS) is 20.3. The van der Waals surface area contributed by atoms with Crippen LogP contribution in [0.2, 0.25) is 0 Å². The lowest BCUT2D eigenvalue weighted by Crippen LogP contribution is -2.55. The molecule has 1 aliphatic heterocycles. The van der Waals surface area contributed by atoms with Gasteiger partial charge >= 0.3 is 5.97 Å². The second kappa shape index (κ2) is 8.12. The molecule has 1 atom stereocenters. The van der Waals surface area contributed by atoms with E-state index in [-0.39, 0.29) is 24.0 Å². The molecule has 19 heavy (non-hydrogen) atoms. The van der Waals surface area contributed by atoms with Crippen LogP contribution in [-0.4, -0.2) is 61.8 Å². The number of ether oxygens (including phenoxy) is 2. The smallest absolute Gasteiger partial charge is 0.307 e. The van der Waals surface area contributed by atoms with Crippen molar-refractivity contribution >= 4 is 11.9 Å². The van der Waals surface area contributed by atoms with Crippen molar-refractivity contribution in [2.24, 2.45) is 0 Å². The van der Waals surface area contributed by atoms with Crippen molar-refractivity contribution in [3.05, 3.63) is 0 Å². The molecule has 0 aromatic heterocycles. The van der Waals surface area contributed by atoms with Gasteiger partial charge in [0, 0.05) is 19.1 Å². The fourth-order valence-corrected chi connectivity index (χ4v) is 2.00. The maximum Gasteiger partial charge on any atom is 0.307 e. The van der Waals surface area contributed by atoms with Crippen LogP contribution in [0.4, 0.5) is 0 Å². The average molecular weight is 272 g/mol. The number of rotatable bonds is 6. The summed E-state index contributed by atoms with van der Waals surface area (Å²) in [4.78, 5) is 25.4. The zero-order valence-electron chi connectivity index (χ0n) is 12.0. The van der Waals surface area contributed by atoms with Crippen LogP contribution >= 0.6 is 0 Å². The highest BCUT2D eigenvalue weighted by molar-refractivity contribution is 5.82. The summed E-state index contributed by atoms with van der Waals surface area (Å²) in [5.41, 5.74) is 0. The highest BCUT2D eigenvalue weighted by Crippen LogP contribution is 2.08. The van der Waals surface area contributed by atoms with Gasteiger partial charge in [0.1, 0.15) is 6.04 Å². The van der Waals surface area contributed by atoms with Crippen LogP contribution < -0.4 is 5.32 Å². The molecule has 6 heteroatoms. The van der Waals surface area contributed by atoms with E-state index < -0.39 is 0 Å². The van der Waals surface area contributed by atoms with Crippen LogP contribution in [0.15, 0.2) is 0 Å². The zero-order valence-corrected chi connectivity index (χ0v) is 12.0. The molecule has 0 bridgehead atoms. The van der Waals surface area contributed by atoms with Crippen LogP contribution in [-0.2, 0) is 19.1 Å². The lowest BCUT2D eigenvalue weighted by Gasteiger charge is -2.34. The average Bonchev–Trinajstić information content (AvgIpc) is 2.36. The lowest BCUT2D eigenvalue weighted by atomic mass is 10.2. The number of carbonyl (C=O) groups is 2. The quantitative estimate of drug-likeness (QED) is 0.698. The molecule has 110 valence electrons. The molecule has 1 unspecified atom stereocenters. The zero-order chi connectivity index (χ0) is 14.3. The summed E-state index contributed by atoms with van der Waals surface area (Å²) in [6, 6.07) is -0.216. The Morgan fingerprint density at radius 2 is 2.21 bits per heavy atom. The van der Waals surface area contributed by atoms with Gasteiger partial charge in [-0.1, -0.05) is 0 Å². The van der Waals surface area contributed by atoms with Crippen molar-refractivity contribution in [2.45, 2.75) is 39.3 Å². The van der Waals surface area contributed by atoms with Gasteiger partial charge in [-0.2, -0.15) is 0 Å². The molecule has 1 aliphatic rings. The van der Waals surface area contributed by atoms with Crippen LogP contribution in [0.3, 0.4) is 0 Å². The van der Waals surface area contributed by atoms with Crippen LogP contribution in [0.25, 0.3) is 0 Å². The molecule has 1 fully saturated rings. The van der Waals surface area contributed by atoms with Gasteiger partial charge < -0.3 is 14.8 Å². The molecule has 0 aromatic carbocycles. The van der Waals surface area contributed by atoms with Gasteiger partial charge in [0.25, 0.3) is 0 Å². The van der Waals surface area contributed by atoms with Crippen molar-refractivity contribution in [3.63, 3.8) is 0 Å². The van der Waals surface area contributed by atoms with E-state index in [2.05, 4.69) is 5.32 Å². The summed E-state index contributed by atoms with van der Waals surface area (Å²) in [6.45, 7) is 8.17. The standard InChI is InChI=1S/C13H24N2O4/c1-4-19-12(16)5-6-15-7-8-18-9-11(15)13(17)14-10(2)3/h10-11H,4-9H2,1-3H3,(H,14,17). The number of amides is 1. The Kier molecular flexibility index (Phi) is 6.80. The number of morpholine rings is 1. The molecule has 1 amide bonds. The second-order valence-corrected chi connectivity index (χ2v) is 4.84. The van der Waals surface area contributed by atoms with E-state index in [1.54, 1.807) is 6.92 Å². The largest absolute Gasteiger partial charge is 0.466 e. The Labute approximate surface area is 114 Å². The second-order valence-electron chi connectivity index (χ2n) is 4.84. The molecular weight excluding hydrogens is 248 g/mol. The SMILES string of the molecule is CCOC(=O)CCN1CCOCC1C(=O)NC(C)C. The molecule has 1 heterocycles. The van der Waals surface area contributed by atoms with E-state index in [1.807, 2.05) is 18.7 Å². The Morgan fingerprint density at radius 3 is 2.84 bits per heavy atom. The predicted octanol–water partition coefficient (Wildman–Crippen LogP) is 0.165. The van der Waals surface area contributed by atoms with Crippen LogP contribution in [0.5, 0.6) is 0 Å². The molecule has 1 rings (SSSR count). The summed E-state index contributed by atoms with van der Waals surface area (Å²) in [5.74, 6) is -0.268. The van der Waals surface area contributed by atoms with Gasteiger partial charge in [-0.25, -0.2) is 0 Å². The highest BCUT2D eigenvalue weighted by Gasteiger charge is 2.29. The Balaban J connectivity index is 2.47. The van der Waals surface area contributed by atoms with Crippen molar-refractivity contribution < 1.29 is 19.1 Å². The van der Waals surface area contributed by atoms with E-state index in [0.717, 1.165) is 0 Å². The monoisotopic (exact) mass is 272 g/mol. The summed E-state index contributed by atoms with van der Waals surface area (Å²) >= 11 is 0. The fraction of sp³-hybridized carbons (Fsp3) is 0.846. The van der Waals surface area contributed by atoms with Crippen LogP contribution in [0.1, 0.15) is 27.2 Å². The molecule has 0 aromatic rings. The van der Waals surface area contributed by atoms with Crippen molar-refractivity contribution in [1.82, 2.24) is 10.2 Å². The lowest BCUT2D eigenvalue weighted by molar-refractivity contribution is -0.145. The number of nitrogens with one attached hydrogen (secondary N) is 1. The molecule has 0 saturated carbocycles. The maximum atomic E-state index is 12.0. The minimum atomic E-state index is -0.314. The van der Waals surface area contributed by atoms with E-state index in [9.17, 15) is 9.59 Å².